The maximum Gasteiger partial charge on any atom is 0.387 e. The molecule has 162 valence electrons. The van der Waals surface area contributed by atoms with Crippen molar-refractivity contribution >= 4 is 5.97 Å². The highest BCUT2D eigenvalue weighted by molar-refractivity contribution is 5.92. The summed E-state index contributed by atoms with van der Waals surface area (Å²) in [5, 5.41) is 14.8. The molecule has 1 N–H and O–H groups in total. The lowest BCUT2D eigenvalue weighted by atomic mass is 9.83. The normalized spacial score (nSPS) is 20.2. The second kappa shape index (κ2) is 9.23. The van der Waals surface area contributed by atoms with Gasteiger partial charge in [0.15, 0.2) is 0 Å². The predicted molar refractivity (Wildman–Crippen MR) is 104 cm³/mol. The number of benzene rings is 1. The van der Waals surface area contributed by atoms with E-state index in [9.17, 15) is 23.7 Å². The molecule has 0 spiro atoms. The summed E-state index contributed by atoms with van der Waals surface area (Å²) in [6, 6.07) is 5.80. The van der Waals surface area contributed by atoms with Gasteiger partial charge in [-0.1, -0.05) is 24.6 Å². The molecule has 1 aliphatic heterocycles. The number of nitrogens with one attached hydrogen (secondary N) is 1. The Morgan fingerprint density at radius 1 is 1.17 bits per heavy atom. The molecule has 1 aliphatic carbocycles. The summed E-state index contributed by atoms with van der Waals surface area (Å²) in [4.78, 5) is 24.4. The number of ether oxygens (including phenoxy) is 2. The molecule has 1 atom stereocenters. The van der Waals surface area contributed by atoms with Crippen molar-refractivity contribution in [2.24, 2.45) is 0 Å². The van der Waals surface area contributed by atoms with Gasteiger partial charge in [-0.25, -0.2) is 4.79 Å². The molecule has 30 heavy (non-hydrogen) atoms. The van der Waals surface area contributed by atoms with Gasteiger partial charge in [0.05, 0.1) is 16.2 Å². The molecule has 0 amide bonds. The number of esters is 1. The Morgan fingerprint density at radius 3 is 2.47 bits per heavy atom. The summed E-state index contributed by atoms with van der Waals surface area (Å²) < 4.78 is 36.2. The van der Waals surface area contributed by atoms with Gasteiger partial charge < -0.3 is 14.8 Å². The number of carbonyl (C=O) groups excluding carboxylic acids is 1. The van der Waals surface area contributed by atoms with Crippen LogP contribution in [0.2, 0.25) is 0 Å². The molecule has 0 aromatic heterocycles. The van der Waals surface area contributed by atoms with Crippen LogP contribution in [-0.2, 0) is 9.53 Å². The SMILES string of the molecule is CC1=C(C(=O)OC2CCCCC2)C(c2ccccc2OC(F)F)C([N+](=O)[O-])=C(C)N1. The minimum Gasteiger partial charge on any atom is -0.459 e. The van der Waals surface area contributed by atoms with Crippen LogP contribution in [0.3, 0.4) is 0 Å². The lowest BCUT2D eigenvalue weighted by Crippen LogP contribution is -2.33. The quantitative estimate of drug-likeness (QED) is 0.408. The summed E-state index contributed by atoms with van der Waals surface area (Å²) in [6.07, 6.45) is 4.18. The Bertz CT molecular complexity index is 891. The number of dihydropyridines is 1. The molecule has 1 fully saturated rings. The molecule has 0 radical (unpaired) electrons. The lowest BCUT2D eigenvalue weighted by Gasteiger charge is -2.29. The van der Waals surface area contributed by atoms with Crippen molar-refractivity contribution in [2.45, 2.75) is 64.6 Å². The van der Waals surface area contributed by atoms with Gasteiger partial charge >= 0.3 is 12.6 Å². The molecular weight excluding hydrogens is 398 g/mol. The summed E-state index contributed by atoms with van der Waals surface area (Å²) in [5.41, 5.74) is 0.448. The maximum atomic E-state index is 13.1. The van der Waals surface area contributed by atoms with E-state index in [2.05, 4.69) is 10.1 Å². The van der Waals surface area contributed by atoms with Crippen LogP contribution in [0.25, 0.3) is 0 Å². The third-order valence-corrected chi connectivity index (χ3v) is 5.41. The van der Waals surface area contributed by atoms with Gasteiger partial charge in [-0.15, -0.1) is 0 Å². The van der Waals surface area contributed by atoms with Crippen LogP contribution < -0.4 is 10.1 Å². The first-order valence-electron chi connectivity index (χ1n) is 9.87. The molecule has 1 aromatic carbocycles. The molecule has 1 unspecified atom stereocenters. The maximum absolute atomic E-state index is 13.1. The van der Waals surface area contributed by atoms with Crippen molar-refractivity contribution in [3.63, 3.8) is 0 Å². The first kappa shape index (κ1) is 21.7. The molecular formula is C21H24F2N2O5. The van der Waals surface area contributed by atoms with Crippen LogP contribution in [0, 0.1) is 10.1 Å². The van der Waals surface area contributed by atoms with Crippen molar-refractivity contribution in [1.29, 1.82) is 0 Å². The highest BCUT2D eigenvalue weighted by Crippen LogP contribution is 2.43. The topological polar surface area (TPSA) is 90.7 Å². The van der Waals surface area contributed by atoms with Crippen LogP contribution in [-0.4, -0.2) is 23.6 Å². The van der Waals surface area contributed by atoms with Gasteiger partial charge in [0, 0.05) is 11.3 Å². The number of rotatable bonds is 6. The monoisotopic (exact) mass is 422 g/mol. The van der Waals surface area contributed by atoms with Gasteiger partial charge in [0.25, 0.3) is 5.70 Å². The first-order chi connectivity index (χ1) is 14.3. The van der Waals surface area contributed by atoms with Crippen molar-refractivity contribution < 1.29 is 28.0 Å². The molecule has 9 heteroatoms. The average molecular weight is 422 g/mol. The number of allylic oxidation sites excluding steroid dienone is 3. The molecule has 0 bridgehead atoms. The summed E-state index contributed by atoms with van der Waals surface area (Å²) in [6.45, 7) is 0.00940. The number of nitro groups is 1. The molecule has 2 aliphatic rings. The minimum atomic E-state index is -3.11. The Morgan fingerprint density at radius 2 is 1.83 bits per heavy atom. The number of hydrogen-bond donors (Lipinski definition) is 1. The molecule has 7 nitrogen and oxygen atoms in total. The molecule has 3 rings (SSSR count). The van der Waals surface area contributed by atoms with Crippen molar-refractivity contribution in [3.05, 3.63) is 62.6 Å². The largest absolute Gasteiger partial charge is 0.459 e. The van der Waals surface area contributed by atoms with E-state index in [0.717, 1.165) is 32.1 Å². The molecule has 0 saturated heterocycles. The fourth-order valence-corrected chi connectivity index (χ4v) is 4.12. The Balaban J connectivity index is 2.07. The fourth-order valence-electron chi connectivity index (χ4n) is 4.12. The average Bonchev–Trinajstić information content (AvgIpc) is 2.67. The van der Waals surface area contributed by atoms with Crippen molar-refractivity contribution in [1.82, 2.24) is 5.32 Å². The smallest absolute Gasteiger partial charge is 0.387 e. The zero-order valence-electron chi connectivity index (χ0n) is 16.8. The number of para-hydroxylation sites is 1. The van der Waals surface area contributed by atoms with E-state index >= 15 is 0 Å². The Labute approximate surface area is 172 Å². The zero-order valence-corrected chi connectivity index (χ0v) is 16.8. The third kappa shape index (κ3) is 4.60. The third-order valence-electron chi connectivity index (χ3n) is 5.41. The fraction of sp³-hybridized carbons (Fsp3) is 0.476. The van der Waals surface area contributed by atoms with Crippen LogP contribution in [0.4, 0.5) is 8.78 Å². The van der Waals surface area contributed by atoms with Crippen LogP contribution in [0.5, 0.6) is 5.75 Å². The highest BCUT2D eigenvalue weighted by atomic mass is 19.3. The number of alkyl halides is 2. The molecule has 1 heterocycles. The summed E-state index contributed by atoms with van der Waals surface area (Å²) >= 11 is 0. The van der Waals surface area contributed by atoms with E-state index in [1.807, 2.05) is 0 Å². The van der Waals surface area contributed by atoms with Crippen molar-refractivity contribution in [3.8, 4) is 5.75 Å². The zero-order chi connectivity index (χ0) is 21.8. The van der Waals surface area contributed by atoms with Crippen molar-refractivity contribution in [2.75, 3.05) is 0 Å². The van der Waals surface area contributed by atoms with E-state index < -0.39 is 23.4 Å². The van der Waals surface area contributed by atoms with Gasteiger partial charge in [-0.05, 0) is 45.6 Å². The van der Waals surface area contributed by atoms with Crippen LogP contribution >= 0.6 is 0 Å². The van der Waals surface area contributed by atoms with E-state index in [1.54, 1.807) is 13.0 Å². The standard InChI is InChI=1S/C21H24F2N2O5/c1-12-17(20(26)29-14-8-4-3-5-9-14)18(19(25(27)28)13(2)24-12)15-10-6-7-11-16(15)30-21(22)23/h6-7,10-11,14,18,21,24H,3-5,8-9H2,1-2H3. The van der Waals surface area contributed by atoms with E-state index in [-0.39, 0.29) is 34.4 Å². The van der Waals surface area contributed by atoms with E-state index in [4.69, 9.17) is 4.74 Å². The summed E-state index contributed by atoms with van der Waals surface area (Å²) in [5.74, 6) is -2.11. The van der Waals surface area contributed by atoms with Crippen LogP contribution in [0.15, 0.2) is 46.9 Å². The van der Waals surface area contributed by atoms with E-state index in [1.165, 1.54) is 25.1 Å². The predicted octanol–water partition coefficient (Wildman–Crippen LogP) is 4.63. The van der Waals surface area contributed by atoms with Gasteiger partial charge in [0.2, 0.25) is 0 Å². The number of nitrogens with zero attached hydrogens (tertiary/aromatic N) is 1. The second-order valence-corrected chi connectivity index (χ2v) is 7.45. The number of hydrogen-bond acceptors (Lipinski definition) is 6. The highest BCUT2D eigenvalue weighted by Gasteiger charge is 2.43. The lowest BCUT2D eigenvalue weighted by molar-refractivity contribution is -0.431. The van der Waals surface area contributed by atoms with Crippen LogP contribution in [0.1, 0.15) is 57.4 Å². The van der Waals surface area contributed by atoms with Gasteiger partial charge in [-0.2, -0.15) is 8.78 Å². The minimum absolute atomic E-state index is 0.0307. The Kier molecular flexibility index (Phi) is 6.69. The number of carbonyl (C=O) groups is 1. The van der Waals surface area contributed by atoms with Gasteiger partial charge in [-0.3, -0.25) is 10.1 Å². The number of halogens is 2. The molecule has 1 saturated carbocycles. The summed E-state index contributed by atoms with van der Waals surface area (Å²) in [7, 11) is 0. The van der Waals surface area contributed by atoms with Gasteiger partial charge in [0.1, 0.15) is 17.8 Å². The Hall–Kier alpha value is -2.97. The van der Waals surface area contributed by atoms with E-state index in [0.29, 0.717) is 5.70 Å². The second-order valence-electron chi connectivity index (χ2n) is 7.45. The first-order valence-corrected chi connectivity index (χ1v) is 9.87. The molecule has 1 aromatic rings.